The highest BCUT2D eigenvalue weighted by atomic mass is 79.9. The summed E-state index contributed by atoms with van der Waals surface area (Å²) in [4.78, 5) is 16.7. The first-order valence-electron chi connectivity index (χ1n) is 10.5. The number of amides is 1. The summed E-state index contributed by atoms with van der Waals surface area (Å²) in [6.07, 6.45) is -3.55. The molecule has 9 heteroatoms. The third-order valence-corrected chi connectivity index (χ3v) is 6.05. The lowest BCUT2D eigenvalue weighted by Crippen LogP contribution is -2.46. The molecule has 0 aromatic heterocycles. The van der Waals surface area contributed by atoms with Crippen molar-refractivity contribution in [3.05, 3.63) is 63.4 Å². The second kappa shape index (κ2) is 10.8. The third kappa shape index (κ3) is 6.76. The van der Waals surface area contributed by atoms with Crippen LogP contribution < -0.4 is 5.32 Å². The molecule has 0 saturated carbocycles. The molecule has 0 radical (unpaired) electrons. The highest BCUT2D eigenvalue weighted by molar-refractivity contribution is 9.10. The molecule has 4 nitrogen and oxygen atoms in total. The van der Waals surface area contributed by atoms with Crippen molar-refractivity contribution in [3.8, 4) is 0 Å². The zero-order valence-electron chi connectivity index (χ0n) is 17.8. The number of halogens is 5. The second-order valence-electron chi connectivity index (χ2n) is 7.96. The van der Waals surface area contributed by atoms with E-state index in [1.807, 2.05) is 4.90 Å². The Morgan fingerprint density at radius 2 is 1.75 bits per heavy atom. The van der Waals surface area contributed by atoms with Gasteiger partial charge in [0.05, 0.1) is 16.5 Å². The Hall–Kier alpha value is -1.97. The van der Waals surface area contributed by atoms with Crippen LogP contribution in [0.1, 0.15) is 30.0 Å². The van der Waals surface area contributed by atoms with Crippen molar-refractivity contribution in [3.63, 3.8) is 0 Å². The minimum atomic E-state index is -4.53. The van der Waals surface area contributed by atoms with E-state index in [0.29, 0.717) is 5.56 Å². The van der Waals surface area contributed by atoms with E-state index in [1.165, 1.54) is 30.3 Å². The largest absolute Gasteiger partial charge is 0.416 e. The number of rotatable bonds is 7. The summed E-state index contributed by atoms with van der Waals surface area (Å²) in [5.41, 5.74) is 0.0865. The van der Waals surface area contributed by atoms with Crippen LogP contribution in [0.5, 0.6) is 0 Å². The van der Waals surface area contributed by atoms with Crippen LogP contribution in [0.25, 0.3) is 0 Å². The van der Waals surface area contributed by atoms with E-state index in [1.54, 1.807) is 0 Å². The van der Waals surface area contributed by atoms with Gasteiger partial charge in [-0.2, -0.15) is 13.2 Å². The molecule has 0 aliphatic carbocycles. The first kappa shape index (κ1) is 24.7. The molecule has 3 rings (SSSR count). The average Bonchev–Trinajstić information content (AvgIpc) is 2.73. The Balaban J connectivity index is 1.68. The molecule has 1 saturated heterocycles. The maximum Gasteiger partial charge on any atom is 0.416 e. The van der Waals surface area contributed by atoms with E-state index in [4.69, 9.17) is 0 Å². The van der Waals surface area contributed by atoms with Gasteiger partial charge < -0.3 is 10.2 Å². The van der Waals surface area contributed by atoms with Crippen LogP contribution in [-0.4, -0.2) is 48.4 Å². The first-order chi connectivity index (χ1) is 15.2. The molecule has 1 aliphatic rings. The monoisotopic (exact) mass is 515 g/mol. The van der Waals surface area contributed by atoms with Crippen LogP contribution >= 0.6 is 15.9 Å². The highest BCUT2D eigenvalue weighted by Crippen LogP contribution is 2.34. The van der Waals surface area contributed by atoms with Crippen molar-refractivity contribution in [2.45, 2.75) is 32.5 Å². The van der Waals surface area contributed by atoms with Gasteiger partial charge in [0.1, 0.15) is 5.82 Å². The summed E-state index contributed by atoms with van der Waals surface area (Å²) in [7, 11) is 0. The van der Waals surface area contributed by atoms with Crippen LogP contribution in [0.2, 0.25) is 0 Å². The van der Waals surface area contributed by atoms with Gasteiger partial charge in [0, 0.05) is 38.4 Å². The zero-order chi connectivity index (χ0) is 23.3. The van der Waals surface area contributed by atoms with Gasteiger partial charge >= 0.3 is 6.18 Å². The van der Waals surface area contributed by atoms with Crippen molar-refractivity contribution >= 4 is 27.5 Å². The molecule has 32 heavy (non-hydrogen) atoms. The van der Waals surface area contributed by atoms with Crippen LogP contribution in [0.15, 0.2) is 40.9 Å². The molecule has 1 N–H and O–H groups in total. The van der Waals surface area contributed by atoms with Crippen LogP contribution in [0.4, 0.5) is 23.2 Å². The van der Waals surface area contributed by atoms with Crippen LogP contribution in [-0.2, 0) is 23.9 Å². The van der Waals surface area contributed by atoms with E-state index < -0.39 is 23.5 Å². The number of nitrogens with one attached hydrogen (secondary N) is 1. The fourth-order valence-corrected chi connectivity index (χ4v) is 4.25. The van der Waals surface area contributed by atoms with Gasteiger partial charge in [-0.25, -0.2) is 4.39 Å². The topological polar surface area (TPSA) is 35.6 Å². The van der Waals surface area contributed by atoms with Crippen molar-refractivity contribution in [1.29, 1.82) is 0 Å². The SMILES string of the molecule is CCCN1CCN(Cc2ccc(NC(=O)Cc3ccc(F)c(Br)c3)cc2C(F)(F)F)CC1. The average molecular weight is 516 g/mol. The Labute approximate surface area is 193 Å². The zero-order valence-corrected chi connectivity index (χ0v) is 19.4. The maximum atomic E-state index is 13.7. The summed E-state index contributed by atoms with van der Waals surface area (Å²) in [6, 6.07) is 8.08. The summed E-state index contributed by atoms with van der Waals surface area (Å²) in [5.74, 6) is -0.928. The number of alkyl halides is 3. The number of hydrogen-bond acceptors (Lipinski definition) is 3. The predicted molar refractivity (Wildman–Crippen MR) is 120 cm³/mol. The first-order valence-corrected chi connectivity index (χ1v) is 11.3. The van der Waals surface area contributed by atoms with Gasteiger partial charge in [-0.15, -0.1) is 0 Å². The van der Waals surface area contributed by atoms with E-state index in [0.717, 1.165) is 45.2 Å². The fraction of sp³-hybridized carbons (Fsp3) is 0.435. The number of carbonyl (C=O) groups is 1. The van der Waals surface area contributed by atoms with Gasteiger partial charge in [-0.3, -0.25) is 9.69 Å². The summed E-state index contributed by atoms with van der Waals surface area (Å²) in [6.45, 7) is 6.48. The van der Waals surface area contributed by atoms with E-state index in [-0.39, 0.29) is 28.7 Å². The number of piperazine rings is 1. The van der Waals surface area contributed by atoms with Crippen molar-refractivity contribution in [1.82, 2.24) is 9.80 Å². The molecular weight excluding hydrogens is 490 g/mol. The molecule has 0 atom stereocenters. The number of anilines is 1. The van der Waals surface area contributed by atoms with Gasteiger partial charge in [-0.1, -0.05) is 19.1 Å². The molecular formula is C23H26BrF4N3O. The summed E-state index contributed by atoms with van der Waals surface area (Å²) in [5, 5.41) is 2.52. The number of carbonyl (C=O) groups excluding carboxylic acids is 1. The predicted octanol–water partition coefficient (Wildman–Crippen LogP) is 5.32. The molecule has 1 heterocycles. The Morgan fingerprint density at radius 1 is 1.06 bits per heavy atom. The number of benzene rings is 2. The third-order valence-electron chi connectivity index (χ3n) is 5.45. The van der Waals surface area contributed by atoms with Crippen LogP contribution in [0, 0.1) is 5.82 Å². The smallest absolute Gasteiger partial charge is 0.326 e. The minimum absolute atomic E-state index is 0.0793. The number of nitrogens with zero attached hydrogens (tertiary/aromatic N) is 2. The molecule has 2 aromatic rings. The van der Waals surface area contributed by atoms with Gasteiger partial charge in [0.2, 0.25) is 5.91 Å². The molecule has 1 fully saturated rings. The fourth-order valence-electron chi connectivity index (χ4n) is 3.82. The summed E-state index contributed by atoms with van der Waals surface area (Å²) < 4.78 is 54.8. The van der Waals surface area contributed by atoms with E-state index in [2.05, 4.69) is 33.1 Å². The van der Waals surface area contributed by atoms with Gasteiger partial charge in [0.25, 0.3) is 0 Å². The quantitative estimate of drug-likeness (QED) is 0.507. The molecule has 174 valence electrons. The molecule has 0 bridgehead atoms. The molecule has 1 amide bonds. The van der Waals surface area contributed by atoms with Crippen molar-refractivity contribution in [2.75, 3.05) is 38.0 Å². The van der Waals surface area contributed by atoms with Gasteiger partial charge in [0.15, 0.2) is 0 Å². The normalized spacial score (nSPS) is 15.7. The van der Waals surface area contributed by atoms with Crippen LogP contribution in [0.3, 0.4) is 0 Å². The summed E-state index contributed by atoms with van der Waals surface area (Å²) >= 11 is 3.06. The molecule has 0 spiro atoms. The van der Waals surface area contributed by atoms with Crippen molar-refractivity contribution < 1.29 is 22.4 Å². The standard InChI is InChI=1S/C23H26BrF4N3O/c1-2-7-30-8-10-31(11-9-30)15-17-4-5-18(14-19(17)23(26,27)28)29-22(32)13-16-3-6-21(25)20(24)12-16/h3-6,12,14H,2,7-11,13,15H2,1H3,(H,29,32). The second-order valence-corrected chi connectivity index (χ2v) is 8.82. The van der Waals surface area contributed by atoms with Gasteiger partial charge in [-0.05, 0) is 64.3 Å². The lowest BCUT2D eigenvalue weighted by atomic mass is 10.0. The van der Waals surface area contributed by atoms with Crippen molar-refractivity contribution in [2.24, 2.45) is 0 Å². The molecule has 1 aliphatic heterocycles. The molecule has 0 unspecified atom stereocenters. The highest BCUT2D eigenvalue weighted by Gasteiger charge is 2.34. The lowest BCUT2D eigenvalue weighted by Gasteiger charge is -2.35. The molecule has 2 aromatic carbocycles. The Morgan fingerprint density at radius 3 is 2.38 bits per heavy atom. The minimum Gasteiger partial charge on any atom is -0.326 e. The van der Waals surface area contributed by atoms with E-state index >= 15 is 0 Å². The maximum absolute atomic E-state index is 13.7. The van der Waals surface area contributed by atoms with E-state index in [9.17, 15) is 22.4 Å². The number of hydrogen-bond donors (Lipinski definition) is 1. The Kier molecular flexibility index (Phi) is 8.30. The lowest BCUT2D eigenvalue weighted by molar-refractivity contribution is -0.138. The Bertz CT molecular complexity index is 943.